The van der Waals surface area contributed by atoms with Gasteiger partial charge in [-0.05, 0) is 29.3 Å². The number of hydrogen-bond acceptors (Lipinski definition) is 3. The summed E-state index contributed by atoms with van der Waals surface area (Å²) < 4.78 is 0. The van der Waals surface area contributed by atoms with Gasteiger partial charge in [-0.15, -0.1) is 0 Å². The van der Waals surface area contributed by atoms with Gasteiger partial charge in [-0.25, -0.2) is 0 Å². The van der Waals surface area contributed by atoms with Crippen molar-refractivity contribution in [3.05, 3.63) is 53.9 Å². The molecule has 0 aliphatic rings. The molecule has 0 saturated carbocycles. The van der Waals surface area contributed by atoms with E-state index in [0.717, 1.165) is 11.1 Å². The lowest BCUT2D eigenvalue weighted by Gasteiger charge is -1.98. The first kappa shape index (κ1) is 10.2. The summed E-state index contributed by atoms with van der Waals surface area (Å²) in [7, 11) is 0. The fourth-order valence-corrected chi connectivity index (χ4v) is 1.38. The summed E-state index contributed by atoms with van der Waals surface area (Å²) in [6.07, 6.45) is 7.11. The lowest BCUT2D eigenvalue weighted by Crippen LogP contribution is -1.75. The summed E-state index contributed by atoms with van der Waals surface area (Å²) in [6, 6.07) is 8.21. The minimum Gasteiger partial charge on any atom is -0.508 e. The molecule has 0 fully saturated rings. The van der Waals surface area contributed by atoms with Crippen LogP contribution < -0.4 is 0 Å². The van der Waals surface area contributed by atoms with Crippen molar-refractivity contribution in [2.24, 2.45) is 0 Å². The number of rotatable bonds is 2. The van der Waals surface area contributed by atoms with E-state index in [0.29, 0.717) is 0 Å². The Morgan fingerprint density at radius 1 is 0.938 bits per heavy atom. The topological polar surface area (TPSA) is 53.4 Å². The van der Waals surface area contributed by atoms with E-state index in [1.54, 1.807) is 30.6 Å². The Bertz CT molecular complexity index is 486. The molecule has 0 spiro atoms. The van der Waals surface area contributed by atoms with E-state index < -0.39 is 0 Å². The monoisotopic (exact) mass is 213 g/mol. The Balaban J connectivity index is 2.24. The van der Waals surface area contributed by atoms with Gasteiger partial charge in [-0.1, -0.05) is 18.2 Å². The maximum atomic E-state index is 9.28. The quantitative estimate of drug-likeness (QED) is 0.806. The molecule has 0 bridgehead atoms. The van der Waals surface area contributed by atoms with Crippen molar-refractivity contribution in [2.45, 2.75) is 0 Å². The van der Waals surface area contributed by atoms with Crippen LogP contribution in [-0.4, -0.2) is 15.2 Å². The van der Waals surface area contributed by atoms with Crippen LogP contribution >= 0.6 is 0 Å². The molecule has 1 aromatic carbocycles. The molecule has 2 aromatic rings. The average Bonchev–Trinajstić information content (AvgIpc) is 2.27. The second-order valence-corrected chi connectivity index (χ2v) is 3.40. The molecule has 0 aliphatic carbocycles. The molecule has 0 amide bonds. The highest BCUT2D eigenvalue weighted by Crippen LogP contribution is 2.21. The molecule has 16 heavy (non-hydrogen) atoms. The first-order valence-corrected chi connectivity index (χ1v) is 4.85. The number of pyridine rings is 1. The number of nitrogens with zero attached hydrogens (tertiary/aromatic N) is 1. The molecule has 0 radical (unpaired) electrons. The molecule has 0 atom stereocenters. The molecule has 1 heterocycles. The molecule has 0 unspecified atom stereocenters. The Kier molecular flexibility index (Phi) is 2.87. The summed E-state index contributed by atoms with van der Waals surface area (Å²) in [4.78, 5) is 3.98. The van der Waals surface area contributed by atoms with Crippen LogP contribution in [0, 0.1) is 0 Å². The maximum Gasteiger partial charge on any atom is 0.119 e. The normalized spacial score (nSPS) is 10.8. The predicted octanol–water partition coefficient (Wildman–Crippen LogP) is 2.66. The Labute approximate surface area is 93.3 Å². The van der Waals surface area contributed by atoms with Crippen LogP contribution in [0.25, 0.3) is 12.2 Å². The second-order valence-electron chi connectivity index (χ2n) is 3.40. The van der Waals surface area contributed by atoms with E-state index in [1.807, 2.05) is 18.2 Å². The zero-order valence-corrected chi connectivity index (χ0v) is 8.54. The van der Waals surface area contributed by atoms with Gasteiger partial charge in [0.15, 0.2) is 0 Å². The van der Waals surface area contributed by atoms with E-state index >= 15 is 0 Å². The Morgan fingerprint density at radius 3 is 2.25 bits per heavy atom. The van der Waals surface area contributed by atoms with Gasteiger partial charge >= 0.3 is 0 Å². The first-order valence-electron chi connectivity index (χ1n) is 4.85. The summed E-state index contributed by atoms with van der Waals surface area (Å²) in [5.74, 6) is 0.0941. The molecular formula is C13H11NO2. The van der Waals surface area contributed by atoms with E-state index in [4.69, 9.17) is 0 Å². The van der Waals surface area contributed by atoms with E-state index in [9.17, 15) is 10.2 Å². The highest BCUT2D eigenvalue weighted by atomic mass is 16.3. The van der Waals surface area contributed by atoms with E-state index in [-0.39, 0.29) is 11.5 Å². The van der Waals surface area contributed by atoms with Crippen LogP contribution in [0.15, 0.2) is 42.7 Å². The second kappa shape index (κ2) is 4.49. The van der Waals surface area contributed by atoms with Gasteiger partial charge in [0.25, 0.3) is 0 Å². The molecular weight excluding hydrogens is 202 g/mol. The number of phenols is 2. The zero-order chi connectivity index (χ0) is 11.4. The molecule has 2 N–H and O–H groups in total. The third-order valence-electron chi connectivity index (χ3n) is 2.08. The summed E-state index contributed by atoms with van der Waals surface area (Å²) >= 11 is 0. The summed E-state index contributed by atoms with van der Waals surface area (Å²) in [6.45, 7) is 0. The van der Waals surface area contributed by atoms with Crippen molar-refractivity contribution in [2.75, 3.05) is 0 Å². The Morgan fingerprint density at radius 2 is 1.62 bits per heavy atom. The fourth-order valence-electron chi connectivity index (χ4n) is 1.38. The van der Waals surface area contributed by atoms with Crippen molar-refractivity contribution >= 4 is 12.2 Å². The lowest BCUT2D eigenvalue weighted by molar-refractivity contribution is 0.450. The number of aromatic nitrogens is 1. The van der Waals surface area contributed by atoms with Gasteiger partial charge in [0.2, 0.25) is 0 Å². The summed E-state index contributed by atoms with van der Waals surface area (Å²) in [5.41, 5.74) is 1.70. The van der Waals surface area contributed by atoms with Gasteiger partial charge in [-0.2, -0.15) is 0 Å². The molecule has 3 nitrogen and oxygen atoms in total. The van der Waals surface area contributed by atoms with Crippen LogP contribution in [0.3, 0.4) is 0 Å². The number of benzene rings is 1. The molecule has 1 aromatic heterocycles. The van der Waals surface area contributed by atoms with Gasteiger partial charge in [0.1, 0.15) is 11.5 Å². The zero-order valence-electron chi connectivity index (χ0n) is 8.54. The largest absolute Gasteiger partial charge is 0.508 e. The van der Waals surface area contributed by atoms with Crippen molar-refractivity contribution in [1.29, 1.82) is 0 Å². The van der Waals surface area contributed by atoms with Crippen molar-refractivity contribution in [1.82, 2.24) is 4.98 Å². The van der Waals surface area contributed by atoms with Gasteiger partial charge in [0.05, 0.1) is 0 Å². The van der Waals surface area contributed by atoms with Crippen LogP contribution in [0.1, 0.15) is 11.1 Å². The molecule has 2 rings (SSSR count). The van der Waals surface area contributed by atoms with Gasteiger partial charge < -0.3 is 10.2 Å². The first-order chi connectivity index (χ1) is 7.74. The number of hydrogen-bond donors (Lipinski definition) is 2. The minimum absolute atomic E-state index is 0.0471. The number of phenolic OH excluding ortho intramolecular Hbond substituents is 2. The third-order valence-corrected chi connectivity index (χ3v) is 2.08. The van der Waals surface area contributed by atoms with E-state index in [1.165, 1.54) is 6.07 Å². The highest BCUT2D eigenvalue weighted by molar-refractivity contribution is 5.70. The van der Waals surface area contributed by atoms with Crippen LogP contribution in [0.2, 0.25) is 0 Å². The van der Waals surface area contributed by atoms with Crippen LogP contribution in [0.4, 0.5) is 0 Å². The van der Waals surface area contributed by atoms with Crippen LogP contribution in [-0.2, 0) is 0 Å². The fraction of sp³-hybridized carbons (Fsp3) is 0. The van der Waals surface area contributed by atoms with Crippen molar-refractivity contribution < 1.29 is 10.2 Å². The van der Waals surface area contributed by atoms with Crippen molar-refractivity contribution in [3.8, 4) is 11.5 Å². The smallest absolute Gasteiger partial charge is 0.119 e. The van der Waals surface area contributed by atoms with Gasteiger partial charge in [-0.3, -0.25) is 4.98 Å². The molecule has 0 aliphatic heterocycles. The maximum absolute atomic E-state index is 9.28. The average molecular weight is 213 g/mol. The Hall–Kier alpha value is -2.29. The molecule has 80 valence electrons. The summed E-state index contributed by atoms with van der Waals surface area (Å²) in [5, 5.41) is 18.6. The molecule has 3 heteroatoms. The number of aromatic hydroxyl groups is 2. The van der Waals surface area contributed by atoms with Crippen LogP contribution in [0.5, 0.6) is 11.5 Å². The standard InChI is InChI=1S/C13H11NO2/c15-12-6-11(7-13(16)8-12)4-3-10-2-1-5-14-9-10/h1-9,15-16H. The SMILES string of the molecule is Oc1cc(O)cc(C=Cc2cccnc2)c1. The lowest BCUT2D eigenvalue weighted by atomic mass is 10.1. The van der Waals surface area contributed by atoms with Gasteiger partial charge in [0, 0.05) is 18.5 Å². The van der Waals surface area contributed by atoms with Crippen molar-refractivity contribution in [3.63, 3.8) is 0 Å². The minimum atomic E-state index is 0.0471. The van der Waals surface area contributed by atoms with E-state index in [2.05, 4.69) is 4.98 Å². The predicted molar refractivity (Wildman–Crippen MR) is 62.9 cm³/mol. The third kappa shape index (κ3) is 2.60. The highest BCUT2D eigenvalue weighted by Gasteiger charge is 1.95. The molecule has 0 saturated heterocycles.